The molecule has 0 saturated heterocycles. The van der Waals surface area contributed by atoms with Crippen molar-refractivity contribution in [1.82, 2.24) is 10.2 Å². The van der Waals surface area contributed by atoms with Crippen molar-refractivity contribution in [3.8, 4) is 0 Å². The quantitative estimate of drug-likeness (QED) is 0.351. The van der Waals surface area contributed by atoms with E-state index in [-0.39, 0.29) is 24.9 Å². The molecule has 2 amide bonds. The molecule has 3 aromatic carbocycles. The summed E-state index contributed by atoms with van der Waals surface area (Å²) in [6.45, 7) is 3.24. The zero-order chi connectivity index (χ0) is 27.9. The number of halogens is 2. The molecular weight excluding hydrogens is 545 g/mol. The van der Waals surface area contributed by atoms with Gasteiger partial charge in [-0.15, -0.1) is 0 Å². The van der Waals surface area contributed by atoms with E-state index in [0.717, 1.165) is 16.1 Å². The smallest absolute Gasteiger partial charge is 0.244 e. The van der Waals surface area contributed by atoms with Gasteiger partial charge in [0.1, 0.15) is 12.6 Å². The number of sulfonamides is 1. The van der Waals surface area contributed by atoms with Gasteiger partial charge in [-0.2, -0.15) is 0 Å². The number of hydrogen-bond donors (Lipinski definition) is 1. The van der Waals surface area contributed by atoms with Crippen LogP contribution < -0.4 is 9.62 Å². The Morgan fingerprint density at radius 2 is 1.50 bits per heavy atom. The van der Waals surface area contributed by atoms with Crippen LogP contribution in [0.5, 0.6) is 0 Å². The third-order valence-electron chi connectivity index (χ3n) is 5.74. The van der Waals surface area contributed by atoms with Gasteiger partial charge in [-0.05, 0) is 61.4 Å². The van der Waals surface area contributed by atoms with Gasteiger partial charge in [0.05, 0.1) is 11.9 Å². The van der Waals surface area contributed by atoms with Gasteiger partial charge < -0.3 is 10.2 Å². The fraction of sp³-hybridized carbons (Fsp3) is 0.286. The van der Waals surface area contributed by atoms with Crippen molar-refractivity contribution in [2.24, 2.45) is 0 Å². The van der Waals surface area contributed by atoms with Crippen molar-refractivity contribution in [3.63, 3.8) is 0 Å². The van der Waals surface area contributed by atoms with E-state index in [9.17, 15) is 18.0 Å². The van der Waals surface area contributed by atoms with Crippen molar-refractivity contribution in [1.29, 1.82) is 0 Å². The number of nitrogens with one attached hydrogen (secondary N) is 1. The summed E-state index contributed by atoms with van der Waals surface area (Å²) in [5, 5.41) is 3.83. The Kier molecular flexibility index (Phi) is 10.2. The van der Waals surface area contributed by atoms with Crippen molar-refractivity contribution in [2.45, 2.75) is 38.9 Å². The number of carbonyl (C=O) groups is 2. The highest BCUT2D eigenvalue weighted by atomic mass is 35.5. The second-order valence-electron chi connectivity index (χ2n) is 9.27. The molecule has 0 saturated carbocycles. The summed E-state index contributed by atoms with van der Waals surface area (Å²) in [5.74, 6) is -0.873. The van der Waals surface area contributed by atoms with Gasteiger partial charge in [0.25, 0.3) is 0 Å². The summed E-state index contributed by atoms with van der Waals surface area (Å²) in [6, 6.07) is 21.5. The molecule has 0 aliphatic carbocycles. The van der Waals surface area contributed by atoms with Gasteiger partial charge >= 0.3 is 0 Å². The third kappa shape index (κ3) is 8.48. The highest BCUT2D eigenvalue weighted by Gasteiger charge is 2.33. The molecule has 0 radical (unpaired) electrons. The average molecular weight is 577 g/mol. The molecule has 1 N–H and O–H groups in total. The SMILES string of the molecule is CC(C)NC(=O)[C@@H](Cc1ccccc1)N(Cc1cccc(Cl)c1)C(=O)CN(c1ccc(Cl)cc1)S(C)(=O)=O. The molecule has 0 fully saturated rings. The number of hydrogen-bond acceptors (Lipinski definition) is 4. The standard InChI is InChI=1S/C28H31Cl2N3O4S/c1-20(2)31-28(35)26(17-21-8-5-4-6-9-21)32(18-22-10-7-11-24(30)16-22)27(34)19-33(38(3,36)37)25-14-12-23(29)13-15-25/h4-16,20,26H,17-19H2,1-3H3,(H,31,35)/t26-/m1/s1. The molecule has 1 atom stereocenters. The second-order valence-corrected chi connectivity index (χ2v) is 12.0. The first-order valence-electron chi connectivity index (χ1n) is 12.1. The van der Waals surface area contributed by atoms with E-state index in [1.54, 1.807) is 36.4 Å². The number of amides is 2. The highest BCUT2D eigenvalue weighted by molar-refractivity contribution is 7.92. The highest BCUT2D eigenvalue weighted by Crippen LogP contribution is 2.23. The number of rotatable bonds is 11. The number of anilines is 1. The molecule has 3 aromatic rings. The van der Waals surface area contributed by atoms with Gasteiger partial charge in [-0.3, -0.25) is 13.9 Å². The number of benzene rings is 3. The van der Waals surface area contributed by atoms with E-state index in [4.69, 9.17) is 23.2 Å². The van der Waals surface area contributed by atoms with E-state index in [0.29, 0.717) is 21.3 Å². The molecule has 38 heavy (non-hydrogen) atoms. The lowest BCUT2D eigenvalue weighted by Gasteiger charge is -2.34. The minimum absolute atomic E-state index is 0.0562. The van der Waals surface area contributed by atoms with E-state index in [1.165, 1.54) is 17.0 Å². The fourth-order valence-corrected chi connectivity index (χ4v) is 5.18. The zero-order valence-corrected chi connectivity index (χ0v) is 23.8. The molecule has 0 aromatic heterocycles. The van der Waals surface area contributed by atoms with E-state index < -0.39 is 28.5 Å². The molecule has 10 heteroatoms. The minimum Gasteiger partial charge on any atom is -0.352 e. The van der Waals surface area contributed by atoms with Gasteiger partial charge in [-0.25, -0.2) is 8.42 Å². The Morgan fingerprint density at radius 1 is 0.868 bits per heavy atom. The van der Waals surface area contributed by atoms with Crippen LogP contribution in [0.2, 0.25) is 10.0 Å². The summed E-state index contributed by atoms with van der Waals surface area (Å²) >= 11 is 12.2. The Balaban J connectivity index is 2.05. The maximum absolute atomic E-state index is 13.9. The van der Waals surface area contributed by atoms with Crippen molar-refractivity contribution in [3.05, 3.63) is 100 Å². The Labute approximate surface area is 234 Å². The van der Waals surface area contributed by atoms with Crippen LogP contribution in [-0.2, 0) is 32.6 Å². The lowest BCUT2D eigenvalue weighted by Crippen LogP contribution is -2.54. The monoisotopic (exact) mass is 575 g/mol. The summed E-state index contributed by atoms with van der Waals surface area (Å²) in [6.07, 6.45) is 1.27. The Hall–Kier alpha value is -3.07. The number of nitrogens with zero attached hydrogens (tertiary/aromatic N) is 2. The molecular formula is C28H31Cl2N3O4S. The van der Waals surface area contributed by atoms with Crippen molar-refractivity contribution >= 4 is 50.7 Å². The van der Waals surface area contributed by atoms with Crippen LogP contribution in [0.4, 0.5) is 5.69 Å². The van der Waals surface area contributed by atoms with Crippen LogP contribution in [0.3, 0.4) is 0 Å². The van der Waals surface area contributed by atoms with Crippen LogP contribution in [0.1, 0.15) is 25.0 Å². The summed E-state index contributed by atoms with van der Waals surface area (Å²) < 4.78 is 26.5. The first-order chi connectivity index (χ1) is 17.9. The van der Waals surface area contributed by atoms with Gasteiger partial charge in [0, 0.05) is 29.1 Å². The summed E-state index contributed by atoms with van der Waals surface area (Å²) in [4.78, 5) is 28.8. The van der Waals surface area contributed by atoms with Crippen LogP contribution in [0.25, 0.3) is 0 Å². The van der Waals surface area contributed by atoms with Crippen LogP contribution in [0, 0.1) is 0 Å². The predicted molar refractivity (Wildman–Crippen MR) is 153 cm³/mol. The maximum Gasteiger partial charge on any atom is 0.244 e. The molecule has 0 spiro atoms. The van der Waals surface area contributed by atoms with Crippen LogP contribution in [0.15, 0.2) is 78.9 Å². The predicted octanol–water partition coefficient (Wildman–Crippen LogP) is 4.92. The minimum atomic E-state index is -3.84. The summed E-state index contributed by atoms with van der Waals surface area (Å²) in [7, 11) is -3.84. The van der Waals surface area contributed by atoms with E-state index >= 15 is 0 Å². The van der Waals surface area contributed by atoms with Crippen LogP contribution >= 0.6 is 23.2 Å². The zero-order valence-electron chi connectivity index (χ0n) is 21.5. The van der Waals surface area contributed by atoms with Crippen molar-refractivity contribution < 1.29 is 18.0 Å². The second kappa shape index (κ2) is 13.1. The fourth-order valence-electron chi connectivity index (χ4n) is 3.99. The lowest BCUT2D eigenvalue weighted by atomic mass is 10.0. The van der Waals surface area contributed by atoms with Gasteiger partial charge in [0.15, 0.2) is 0 Å². The average Bonchev–Trinajstić information content (AvgIpc) is 2.85. The Bertz CT molecular complexity index is 1350. The van der Waals surface area contributed by atoms with E-state index in [2.05, 4.69) is 5.32 Å². The first-order valence-corrected chi connectivity index (χ1v) is 14.7. The molecule has 0 heterocycles. The molecule has 3 rings (SSSR count). The van der Waals surface area contributed by atoms with Gasteiger partial charge in [-0.1, -0.05) is 65.7 Å². The molecule has 7 nitrogen and oxygen atoms in total. The maximum atomic E-state index is 13.9. The Morgan fingerprint density at radius 3 is 2.08 bits per heavy atom. The van der Waals surface area contributed by atoms with E-state index in [1.807, 2.05) is 44.2 Å². The molecule has 0 bridgehead atoms. The molecule has 0 aliphatic rings. The molecule has 0 aliphatic heterocycles. The number of carbonyl (C=O) groups excluding carboxylic acids is 2. The molecule has 0 unspecified atom stereocenters. The van der Waals surface area contributed by atoms with Crippen molar-refractivity contribution in [2.75, 3.05) is 17.1 Å². The third-order valence-corrected chi connectivity index (χ3v) is 7.37. The summed E-state index contributed by atoms with van der Waals surface area (Å²) in [5.41, 5.74) is 1.86. The first kappa shape index (κ1) is 29.5. The lowest BCUT2D eigenvalue weighted by molar-refractivity contribution is -0.140. The van der Waals surface area contributed by atoms with Crippen LogP contribution in [-0.4, -0.2) is 50.0 Å². The normalized spacial score (nSPS) is 12.2. The topological polar surface area (TPSA) is 86.8 Å². The van der Waals surface area contributed by atoms with Gasteiger partial charge in [0.2, 0.25) is 21.8 Å². The molecule has 202 valence electrons. The largest absolute Gasteiger partial charge is 0.352 e.